The lowest BCUT2D eigenvalue weighted by Gasteiger charge is -2.56. The first kappa shape index (κ1) is 22.4. The number of aromatic hydroxyl groups is 1. The fourth-order valence-electron chi connectivity index (χ4n) is 5.93. The first-order valence-corrected chi connectivity index (χ1v) is 10.3. The lowest BCUT2D eigenvalue weighted by atomic mass is 9.52. The SMILES string of the molecule is CC1c2cccc(O)c2C(O)=C2C(=O)C3(O)C(=O)C(C(N)=O)C(O)C(N(C)C)C3C(O)C21. The van der Waals surface area contributed by atoms with Crippen molar-refractivity contribution in [3.8, 4) is 5.75 Å². The molecule has 8 unspecified atom stereocenters. The van der Waals surface area contributed by atoms with E-state index in [1.165, 1.54) is 25.1 Å². The zero-order valence-electron chi connectivity index (χ0n) is 17.8. The lowest BCUT2D eigenvalue weighted by Crippen LogP contribution is -2.76. The number of aliphatic hydroxyl groups is 4. The fourth-order valence-corrected chi connectivity index (χ4v) is 5.93. The Morgan fingerprint density at radius 3 is 2.31 bits per heavy atom. The smallest absolute Gasteiger partial charge is 0.230 e. The van der Waals surface area contributed by atoms with Crippen LogP contribution >= 0.6 is 0 Å². The van der Waals surface area contributed by atoms with Gasteiger partial charge in [-0.25, -0.2) is 0 Å². The molecule has 8 atom stereocenters. The van der Waals surface area contributed by atoms with Crippen molar-refractivity contribution in [2.24, 2.45) is 23.5 Å². The van der Waals surface area contributed by atoms with Crippen LogP contribution in [0.4, 0.5) is 0 Å². The predicted molar refractivity (Wildman–Crippen MR) is 110 cm³/mol. The van der Waals surface area contributed by atoms with Gasteiger partial charge in [-0.05, 0) is 31.6 Å². The molecule has 0 heterocycles. The Hall–Kier alpha value is -2.79. The summed E-state index contributed by atoms with van der Waals surface area (Å²) in [6.45, 7) is 1.69. The summed E-state index contributed by atoms with van der Waals surface area (Å²) in [7, 11) is 3.03. The summed E-state index contributed by atoms with van der Waals surface area (Å²) in [5.41, 5.74) is 2.47. The number of ketones is 2. The van der Waals surface area contributed by atoms with Crippen LogP contribution in [0.2, 0.25) is 0 Å². The molecule has 0 bridgehead atoms. The van der Waals surface area contributed by atoms with E-state index >= 15 is 0 Å². The molecule has 10 nitrogen and oxygen atoms in total. The highest BCUT2D eigenvalue weighted by atomic mass is 16.3. The van der Waals surface area contributed by atoms with Crippen molar-refractivity contribution in [3.05, 3.63) is 34.9 Å². The maximum atomic E-state index is 13.7. The van der Waals surface area contributed by atoms with Crippen molar-refractivity contribution in [1.82, 2.24) is 4.90 Å². The number of hydrogen-bond donors (Lipinski definition) is 6. The summed E-state index contributed by atoms with van der Waals surface area (Å²) in [6.07, 6.45) is -3.22. The van der Waals surface area contributed by atoms with E-state index in [4.69, 9.17) is 5.73 Å². The minimum Gasteiger partial charge on any atom is -0.507 e. The quantitative estimate of drug-likeness (QED) is 0.300. The van der Waals surface area contributed by atoms with Crippen LogP contribution in [0.15, 0.2) is 23.8 Å². The number of rotatable bonds is 2. The molecule has 1 aromatic rings. The molecule has 0 saturated heterocycles. The summed E-state index contributed by atoms with van der Waals surface area (Å²) >= 11 is 0. The molecule has 0 aromatic heterocycles. The summed E-state index contributed by atoms with van der Waals surface area (Å²) < 4.78 is 0. The number of Topliss-reactive ketones (excluding diaryl/α,β-unsaturated/α-hetero) is 2. The second kappa shape index (κ2) is 7.11. The highest BCUT2D eigenvalue weighted by Gasteiger charge is 2.71. The molecule has 2 saturated carbocycles. The average molecular weight is 446 g/mol. The van der Waals surface area contributed by atoms with E-state index in [-0.39, 0.29) is 11.3 Å². The number of fused-ring (bicyclic) bond motifs is 3. The topological polar surface area (TPSA) is 182 Å². The minimum atomic E-state index is -2.91. The minimum absolute atomic E-state index is 0.0206. The van der Waals surface area contributed by atoms with Gasteiger partial charge in [-0.2, -0.15) is 0 Å². The standard InChI is InChI=1S/C22H26N2O8/c1-7-8-5-4-6-9(25)11(8)16(26)12-10(7)17(27)14-15(24(2)3)18(28)13(21(23)31)20(30)22(14,32)19(12)29/h4-7,10,13-15,17-18,25-28,32H,1-3H3,(H2,23,31). The zero-order chi connectivity index (χ0) is 23.9. The number of nitrogens with zero attached hydrogens (tertiary/aromatic N) is 1. The number of benzene rings is 1. The molecule has 4 rings (SSSR count). The number of phenolic OH excluding ortho intramolecular Hbond substituents is 1. The Balaban J connectivity index is 2.01. The maximum absolute atomic E-state index is 13.7. The molecule has 1 aromatic carbocycles. The summed E-state index contributed by atoms with van der Waals surface area (Å²) in [5.74, 6) is -9.67. The number of carbonyl (C=O) groups is 3. The van der Waals surface area contributed by atoms with Crippen molar-refractivity contribution in [2.45, 2.75) is 36.7 Å². The number of primary amides is 1. The predicted octanol–water partition coefficient (Wildman–Crippen LogP) is -1.34. The summed E-state index contributed by atoms with van der Waals surface area (Å²) in [6, 6.07) is 3.34. The van der Waals surface area contributed by atoms with E-state index in [1.54, 1.807) is 19.1 Å². The summed E-state index contributed by atoms with van der Waals surface area (Å²) in [5, 5.41) is 55.0. The molecule has 2 fully saturated rings. The monoisotopic (exact) mass is 446 g/mol. The first-order chi connectivity index (χ1) is 14.9. The highest BCUT2D eigenvalue weighted by molar-refractivity contribution is 6.25. The number of nitrogens with two attached hydrogens (primary N) is 1. The van der Waals surface area contributed by atoms with E-state index in [0.29, 0.717) is 5.56 Å². The fraction of sp³-hybridized carbons (Fsp3) is 0.500. The Labute approximate surface area is 183 Å². The van der Waals surface area contributed by atoms with E-state index in [0.717, 1.165) is 0 Å². The third kappa shape index (κ3) is 2.57. The molecule has 3 aliphatic rings. The third-order valence-electron chi connectivity index (χ3n) is 7.36. The molecule has 0 radical (unpaired) electrons. The van der Waals surface area contributed by atoms with Crippen LogP contribution in [0.5, 0.6) is 5.75 Å². The number of likely N-dealkylation sites (N-methyl/N-ethyl adjacent to an activating group) is 1. The Morgan fingerprint density at radius 2 is 1.75 bits per heavy atom. The number of aliphatic hydroxyl groups excluding tert-OH is 3. The molecule has 7 N–H and O–H groups in total. The van der Waals surface area contributed by atoms with Gasteiger partial charge in [0.05, 0.1) is 17.8 Å². The van der Waals surface area contributed by atoms with Crippen molar-refractivity contribution in [3.63, 3.8) is 0 Å². The van der Waals surface area contributed by atoms with Crippen LogP contribution in [0.1, 0.15) is 24.0 Å². The van der Waals surface area contributed by atoms with Crippen LogP contribution in [-0.2, 0) is 14.4 Å². The molecular weight excluding hydrogens is 420 g/mol. The molecule has 3 aliphatic carbocycles. The normalized spacial score (nSPS) is 38.9. The molecule has 0 spiro atoms. The largest absolute Gasteiger partial charge is 0.507 e. The van der Waals surface area contributed by atoms with Crippen molar-refractivity contribution in [1.29, 1.82) is 0 Å². The van der Waals surface area contributed by atoms with Gasteiger partial charge < -0.3 is 36.2 Å². The van der Waals surface area contributed by atoms with Gasteiger partial charge in [-0.3, -0.25) is 14.4 Å². The second-order valence-electron chi connectivity index (χ2n) is 9.12. The number of amides is 1. The van der Waals surface area contributed by atoms with E-state index in [2.05, 4.69) is 0 Å². The molecule has 32 heavy (non-hydrogen) atoms. The van der Waals surface area contributed by atoms with Crippen LogP contribution in [0.25, 0.3) is 5.76 Å². The molecular formula is C22H26N2O8. The maximum Gasteiger partial charge on any atom is 0.230 e. The third-order valence-corrected chi connectivity index (χ3v) is 7.36. The lowest BCUT2D eigenvalue weighted by molar-refractivity contribution is -0.199. The van der Waals surface area contributed by atoms with E-state index < -0.39 is 76.3 Å². The van der Waals surface area contributed by atoms with Crippen LogP contribution < -0.4 is 5.73 Å². The Bertz CT molecular complexity index is 1070. The van der Waals surface area contributed by atoms with Crippen molar-refractivity contribution >= 4 is 23.2 Å². The molecule has 172 valence electrons. The number of hydrogen-bond acceptors (Lipinski definition) is 9. The van der Waals surface area contributed by atoms with E-state index in [1.807, 2.05) is 0 Å². The van der Waals surface area contributed by atoms with Crippen molar-refractivity contribution in [2.75, 3.05) is 14.1 Å². The molecule has 1 amide bonds. The molecule has 10 heteroatoms. The van der Waals surface area contributed by atoms with Gasteiger partial charge in [0.15, 0.2) is 11.4 Å². The van der Waals surface area contributed by atoms with E-state index in [9.17, 15) is 39.9 Å². The zero-order valence-corrected chi connectivity index (χ0v) is 17.8. The van der Waals surface area contributed by atoms with Crippen LogP contribution in [0.3, 0.4) is 0 Å². The summed E-state index contributed by atoms with van der Waals surface area (Å²) in [4.78, 5) is 40.3. The van der Waals surface area contributed by atoms with Gasteiger partial charge in [-0.1, -0.05) is 19.1 Å². The Kier molecular flexibility index (Phi) is 4.98. The van der Waals surface area contributed by atoms with Gasteiger partial charge >= 0.3 is 0 Å². The van der Waals surface area contributed by atoms with Crippen molar-refractivity contribution < 1.29 is 39.9 Å². The van der Waals surface area contributed by atoms with Gasteiger partial charge in [0.25, 0.3) is 0 Å². The van der Waals surface area contributed by atoms with Gasteiger partial charge in [-0.15, -0.1) is 0 Å². The van der Waals surface area contributed by atoms with Crippen LogP contribution in [0, 0.1) is 17.8 Å². The van der Waals surface area contributed by atoms with Crippen LogP contribution in [-0.4, -0.2) is 85.9 Å². The highest BCUT2D eigenvalue weighted by Crippen LogP contribution is 2.55. The van der Waals surface area contributed by atoms with Gasteiger partial charge in [0.1, 0.15) is 17.4 Å². The number of phenols is 1. The first-order valence-electron chi connectivity index (χ1n) is 10.3. The Morgan fingerprint density at radius 1 is 1.12 bits per heavy atom. The average Bonchev–Trinajstić information content (AvgIpc) is 2.70. The van der Waals surface area contributed by atoms with Gasteiger partial charge in [0, 0.05) is 23.5 Å². The molecule has 0 aliphatic heterocycles. The number of carbonyl (C=O) groups excluding carboxylic acids is 3. The second-order valence-corrected chi connectivity index (χ2v) is 9.12. The van der Waals surface area contributed by atoms with Gasteiger partial charge in [0.2, 0.25) is 11.7 Å².